The van der Waals surface area contributed by atoms with E-state index in [-0.39, 0.29) is 5.82 Å². The van der Waals surface area contributed by atoms with E-state index in [4.69, 9.17) is 4.74 Å². The number of aryl methyl sites for hydroxylation is 1. The third-order valence-electron chi connectivity index (χ3n) is 1.67. The average Bonchev–Trinajstić information content (AvgIpc) is 2.07. The molecule has 1 aliphatic heterocycles. The second-order valence-electron chi connectivity index (χ2n) is 2.56. The van der Waals surface area contributed by atoms with E-state index in [1.807, 2.05) is 0 Å². The van der Waals surface area contributed by atoms with E-state index in [0.717, 1.165) is 10.6 Å². The zero-order chi connectivity index (χ0) is 8.55. The Bertz CT molecular complexity index is 314. The molecule has 0 spiro atoms. The summed E-state index contributed by atoms with van der Waals surface area (Å²) in [7, 11) is 0. The summed E-state index contributed by atoms with van der Waals surface area (Å²) in [6, 6.07) is 3.21. The van der Waals surface area contributed by atoms with E-state index in [1.54, 1.807) is 24.7 Å². The summed E-state index contributed by atoms with van der Waals surface area (Å²) in [5, 5.41) is 1.79. The molecule has 0 atom stereocenters. The minimum atomic E-state index is -0.180. The highest BCUT2D eigenvalue weighted by Crippen LogP contribution is 2.35. The van der Waals surface area contributed by atoms with E-state index >= 15 is 0 Å². The van der Waals surface area contributed by atoms with Crippen LogP contribution in [0.5, 0.6) is 5.75 Å². The second-order valence-corrected chi connectivity index (χ2v) is 3.50. The van der Waals surface area contributed by atoms with Gasteiger partial charge in [0.15, 0.2) is 0 Å². The van der Waals surface area contributed by atoms with Crippen molar-refractivity contribution in [3.05, 3.63) is 35.2 Å². The van der Waals surface area contributed by atoms with Crippen LogP contribution in [0.2, 0.25) is 0 Å². The number of fused-ring (bicyclic) bond motifs is 1. The first kappa shape index (κ1) is 7.68. The largest absolute Gasteiger partial charge is 0.463 e. The molecule has 0 amide bonds. The second kappa shape index (κ2) is 2.83. The Kier molecular flexibility index (Phi) is 1.81. The summed E-state index contributed by atoms with van der Waals surface area (Å²) in [6.45, 7) is 1.72. The first-order valence-corrected chi connectivity index (χ1v) is 4.44. The maximum atomic E-state index is 13.0. The lowest BCUT2D eigenvalue weighted by atomic mass is 10.2. The van der Waals surface area contributed by atoms with Gasteiger partial charge in [0.2, 0.25) is 0 Å². The minimum Gasteiger partial charge on any atom is -0.463 e. The lowest BCUT2D eigenvalue weighted by Crippen LogP contribution is -1.92. The van der Waals surface area contributed by atoms with Crippen LogP contribution < -0.4 is 4.74 Å². The van der Waals surface area contributed by atoms with Crippen molar-refractivity contribution in [2.24, 2.45) is 0 Å². The Morgan fingerprint density at radius 3 is 3.08 bits per heavy atom. The zero-order valence-corrected chi connectivity index (χ0v) is 7.32. The van der Waals surface area contributed by atoms with Gasteiger partial charge in [-0.25, -0.2) is 4.39 Å². The predicted molar refractivity (Wildman–Crippen MR) is 46.8 cm³/mol. The number of hydrogen-bond donors (Lipinski definition) is 0. The van der Waals surface area contributed by atoms with Gasteiger partial charge in [0.25, 0.3) is 0 Å². The molecule has 0 aromatic heterocycles. The molecular weight excluding hydrogens is 175 g/mol. The van der Waals surface area contributed by atoms with Gasteiger partial charge < -0.3 is 4.74 Å². The maximum absolute atomic E-state index is 13.0. The van der Waals surface area contributed by atoms with Gasteiger partial charge in [-0.2, -0.15) is 0 Å². The molecule has 1 heterocycles. The minimum absolute atomic E-state index is 0.180. The van der Waals surface area contributed by atoms with Gasteiger partial charge in [-0.05, 0) is 24.6 Å². The van der Waals surface area contributed by atoms with Crippen LogP contribution in [0.25, 0.3) is 0 Å². The Hall–Kier alpha value is -0.960. The standard InChI is InChI=1S/C9H7FOS/c1-6-4-8-9(5-7(6)10)12-3-2-11-8/h2-5H,1H3. The van der Waals surface area contributed by atoms with Crippen LogP contribution in [-0.2, 0) is 0 Å². The van der Waals surface area contributed by atoms with Crippen LogP contribution in [0.15, 0.2) is 28.7 Å². The molecule has 2 rings (SSSR count). The fourth-order valence-corrected chi connectivity index (χ4v) is 1.68. The molecule has 1 nitrogen and oxygen atoms in total. The molecule has 1 aromatic rings. The number of hydrogen-bond acceptors (Lipinski definition) is 2. The normalized spacial score (nSPS) is 13.8. The highest BCUT2D eigenvalue weighted by molar-refractivity contribution is 8.02. The van der Waals surface area contributed by atoms with Crippen LogP contribution in [0.1, 0.15) is 5.56 Å². The van der Waals surface area contributed by atoms with Crippen LogP contribution in [0.3, 0.4) is 0 Å². The van der Waals surface area contributed by atoms with Crippen LogP contribution in [-0.4, -0.2) is 0 Å². The van der Waals surface area contributed by atoms with E-state index in [9.17, 15) is 4.39 Å². The van der Waals surface area contributed by atoms with Crippen molar-refractivity contribution in [2.45, 2.75) is 11.8 Å². The van der Waals surface area contributed by atoms with Crippen LogP contribution in [0.4, 0.5) is 4.39 Å². The van der Waals surface area contributed by atoms with E-state index in [1.165, 1.54) is 17.8 Å². The highest BCUT2D eigenvalue weighted by Gasteiger charge is 2.10. The number of ether oxygens (including phenoxy) is 1. The molecule has 0 aliphatic carbocycles. The Balaban J connectivity index is 2.53. The van der Waals surface area contributed by atoms with Gasteiger partial charge in [0.1, 0.15) is 11.6 Å². The monoisotopic (exact) mass is 182 g/mol. The summed E-state index contributed by atoms with van der Waals surface area (Å²) in [6.07, 6.45) is 1.60. The third kappa shape index (κ3) is 1.20. The topological polar surface area (TPSA) is 9.23 Å². The highest BCUT2D eigenvalue weighted by atomic mass is 32.2. The SMILES string of the molecule is Cc1cc2c(cc1F)SC=CO2. The zero-order valence-electron chi connectivity index (χ0n) is 6.50. The lowest BCUT2D eigenvalue weighted by Gasteiger charge is -2.11. The molecule has 1 aliphatic rings. The molecule has 0 bridgehead atoms. The van der Waals surface area contributed by atoms with Gasteiger partial charge in [-0.1, -0.05) is 11.8 Å². The van der Waals surface area contributed by atoms with Crippen molar-refractivity contribution in [2.75, 3.05) is 0 Å². The fraction of sp³-hybridized carbons (Fsp3) is 0.111. The van der Waals surface area contributed by atoms with E-state index in [0.29, 0.717) is 5.56 Å². The van der Waals surface area contributed by atoms with E-state index in [2.05, 4.69) is 0 Å². The third-order valence-corrected chi connectivity index (χ3v) is 2.49. The lowest BCUT2D eigenvalue weighted by molar-refractivity contribution is 0.464. The molecule has 62 valence electrons. The number of benzene rings is 1. The van der Waals surface area contributed by atoms with Gasteiger partial charge in [0, 0.05) is 5.41 Å². The molecule has 0 saturated carbocycles. The van der Waals surface area contributed by atoms with Gasteiger partial charge in [0.05, 0.1) is 11.2 Å². The summed E-state index contributed by atoms with van der Waals surface area (Å²) in [5.41, 5.74) is 0.615. The number of thioether (sulfide) groups is 1. The maximum Gasteiger partial charge on any atom is 0.140 e. The first-order valence-electron chi connectivity index (χ1n) is 3.56. The van der Waals surface area contributed by atoms with Gasteiger partial charge in [-0.15, -0.1) is 0 Å². The molecule has 0 N–H and O–H groups in total. The van der Waals surface area contributed by atoms with Gasteiger partial charge >= 0.3 is 0 Å². The van der Waals surface area contributed by atoms with Crippen molar-refractivity contribution >= 4 is 11.8 Å². The summed E-state index contributed by atoms with van der Waals surface area (Å²) >= 11 is 1.47. The molecule has 0 saturated heterocycles. The number of rotatable bonds is 0. The Labute approximate surface area is 74.2 Å². The smallest absolute Gasteiger partial charge is 0.140 e. The van der Waals surface area contributed by atoms with Crippen molar-refractivity contribution in [1.82, 2.24) is 0 Å². The number of halogens is 1. The van der Waals surface area contributed by atoms with E-state index < -0.39 is 0 Å². The van der Waals surface area contributed by atoms with Crippen molar-refractivity contribution in [3.63, 3.8) is 0 Å². The van der Waals surface area contributed by atoms with Crippen molar-refractivity contribution in [3.8, 4) is 5.75 Å². The Morgan fingerprint density at radius 1 is 1.42 bits per heavy atom. The molecule has 0 fully saturated rings. The predicted octanol–water partition coefficient (Wildman–Crippen LogP) is 3.09. The average molecular weight is 182 g/mol. The fourth-order valence-electron chi connectivity index (χ4n) is 1.02. The first-order chi connectivity index (χ1) is 5.77. The van der Waals surface area contributed by atoms with Gasteiger partial charge in [-0.3, -0.25) is 0 Å². The molecule has 12 heavy (non-hydrogen) atoms. The summed E-state index contributed by atoms with van der Waals surface area (Å²) < 4.78 is 18.2. The molecule has 0 radical (unpaired) electrons. The quantitative estimate of drug-likeness (QED) is 0.609. The Morgan fingerprint density at radius 2 is 2.25 bits per heavy atom. The molecule has 0 unspecified atom stereocenters. The molecular formula is C9H7FOS. The summed E-state index contributed by atoms with van der Waals surface area (Å²) in [4.78, 5) is 0.834. The van der Waals surface area contributed by atoms with Crippen molar-refractivity contribution < 1.29 is 9.13 Å². The molecule has 3 heteroatoms. The van der Waals surface area contributed by atoms with Crippen molar-refractivity contribution in [1.29, 1.82) is 0 Å². The molecule has 1 aromatic carbocycles. The summed E-state index contributed by atoms with van der Waals surface area (Å²) in [5.74, 6) is 0.557. The van der Waals surface area contributed by atoms with Crippen LogP contribution in [0, 0.1) is 12.7 Å². The van der Waals surface area contributed by atoms with Crippen LogP contribution >= 0.6 is 11.8 Å².